The summed E-state index contributed by atoms with van der Waals surface area (Å²) in [6.45, 7) is 4.12. The monoisotopic (exact) mass is 399 g/mol. The van der Waals surface area contributed by atoms with E-state index in [1.807, 2.05) is 12.3 Å². The van der Waals surface area contributed by atoms with Crippen molar-refractivity contribution >= 4 is 39.3 Å². The Morgan fingerprint density at radius 3 is 2.67 bits per heavy atom. The fourth-order valence-electron chi connectivity index (χ4n) is 4.76. The molecule has 5 rings (SSSR count). The number of aryl methyl sites for hydroxylation is 1. The van der Waals surface area contributed by atoms with Gasteiger partial charge >= 0.3 is 0 Å². The quantitative estimate of drug-likeness (QED) is 0.397. The highest BCUT2D eigenvalue weighted by Crippen LogP contribution is 2.31. The molecule has 2 heterocycles. The minimum atomic E-state index is 0.703. The number of aromatic nitrogens is 3. The summed E-state index contributed by atoms with van der Waals surface area (Å²) < 4.78 is 2.37. The second-order valence-electron chi connectivity index (χ2n) is 8.27. The average molecular weight is 400 g/mol. The molecular weight excluding hydrogens is 370 g/mol. The van der Waals surface area contributed by atoms with Gasteiger partial charge in [0, 0.05) is 46.8 Å². The van der Waals surface area contributed by atoms with E-state index in [2.05, 4.69) is 74.6 Å². The highest BCUT2D eigenvalue weighted by molar-refractivity contribution is 6.09. The lowest BCUT2D eigenvalue weighted by Gasteiger charge is -2.21. The van der Waals surface area contributed by atoms with E-state index < -0.39 is 0 Å². The second kappa shape index (κ2) is 8.34. The summed E-state index contributed by atoms with van der Waals surface area (Å²) >= 11 is 0. The molecule has 30 heavy (non-hydrogen) atoms. The Hall–Kier alpha value is -3.08. The van der Waals surface area contributed by atoms with Crippen LogP contribution in [-0.4, -0.2) is 21.1 Å². The molecule has 0 atom stereocenters. The first-order valence-electron chi connectivity index (χ1n) is 11.2. The summed E-state index contributed by atoms with van der Waals surface area (Å²) in [6, 6.07) is 17.1. The van der Waals surface area contributed by atoms with Crippen molar-refractivity contribution in [3.8, 4) is 0 Å². The number of nitrogens with zero attached hydrogens (tertiary/aromatic N) is 3. The number of hydrogen-bond donors (Lipinski definition) is 2. The molecule has 2 N–H and O–H groups in total. The third-order valence-corrected chi connectivity index (χ3v) is 6.29. The number of benzene rings is 2. The molecule has 1 aliphatic rings. The summed E-state index contributed by atoms with van der Waals surface area (Å²) in [4.78, 5) is 9.08. The van der Waals surface area contributed by atoms with Crippen LogP contribution in [0.4, 0.5) is 17.5 Å². The van der Waals surface area contributed by atoms with E-state index in [1.54, 1.807) is 0 Å². The Balaban J connectivity index is 1.37. The lowest BCUT2D eigenvalue weighted by Crippen LogP contribution is -2.18. The Morgan fingerprint density at radius 2 is 1.80 bits per heavy atom. The molecule has 1 fully saturated rings. The van der Waals surface area contributed by atoms with Crippen LogP contribution in [0.5, 0.6) is 0 Å². The first-order chi connectivity index (χ1) is 14.8. The summed E-state index contributed by atoms with van der Waals surface area (Å²) in [5, 5.41) is 9.46. The summed E-state index contributed by atoms with van der Waals surface area (Å²) in [6.07, 6.45) is 8.54. The van der Waals surface area contributed by atoms with Gasteiger partial charge in [0.05, 0.1) is 0 Å². The smallest absolute Gasteiger partial charge is 0.224 e. The molecule has 5 heteroatoms. The summed E-state index contributed by atoms with van der Waals surface area (Å²) in [5.41, 5.74) is 3.59. The van der Waals surface area contributed by atoms with Crippen LogP contribution in [0.3, 0.4) is 0 Å². The summed E-state index contributed by atoms with van der Waals surface area (Å²) in [5.74, 6) is 2.27. The number of anilines is 3. The molecular formula is C25H29N5. The maximum atomic E-state index is 4.68. The van der Waals surface area contributed by atoms with Gasteiger partial charge in [0.2, 0.25) is 5.95 Å². The van der Waals surface area contributed by atoms with Crippen molar-refractivity contribution in [1.82, 2.24) is 14.5 Å². The van der Waals surface area contributed by atoms with Crippen LogP contribution in [0.1, 0.15) is 39.0 Å². The van der Waals surface area contributed by atoms with Crippen molar-refractivity contribution in [3.05, 3.63) is 54.7 Å². The first-order valence-corrected chi connectivity index (χ1v) is 11.2. The van der Waals surface area contributed by atoms with Crippen molar-refractivity contribution in [2.45, 2.75) is 45.6 Å². The van der Waals surface area contributed by atoms with Crippen LogP contribution in [0, 0.1) is 5.92 Å². The fraction of sp³-hybridized carbons (Fsp3) is 0.360. The highest BCUT2D eigenvalue weighted by Gasteiger charge is 2.14. The number of fused-ring (bicyclic) bond motifs is 3. The van der Waals surface area contributed by atoms with E-state index in [4.69, 9.17) is 0 Å². The van der Waals surface area contributed by atoms with Gasteiger partial charge < -0.3 is 15.2 Å². The van der Waals surface area contributed by atoms with Crippen molar-refractivity contribution in [2.75, 3.05) is 17.2 Å². The number of para-hydroxylation sites is 1. The third-order valence-electron chi connectivity index (χ3n) is 6.29. The number of nitrogens with one attached hydrogen (secondary N) is 2. The Kier molecular flexibility index (Phi) is 5.26. The lowest BCUT2D eigenvalue weighted by atomic mass is 9.89. The van der Waals surface area contributed by atoms with Gasteiger partial charge in [0.25, 0.3) is 0 Å². The molecule has 0 unspecified atom stereocenters. The normalized spacial score (nSPS) is 15.0. The molecule has 0 aliphatic heterocycles. The number of hydrogen-bond acceptors (Lipinski definition) is 4. The SMILES string of the molecule is CCn1c2ccccc2c2cc(Nc3ccnc(NCC4CCCCC4)n3)ccc21. The molecule has 2 aromatic carbocycles. The van der Waals surface area contributed by atoms with E-state index in [1.165, 1.54) is 53.9 Å². The maximum absolute atomic E-state index is 4.68. The van der Waals surface area contributed by atoms with Crippen LogP contribution in [0.15, 0.2) is 54.7 Å². The standard InChI is InChI=1S/C25H29N5/c1-2-30-22-11-7-6-10-20(22)21-16-19(12-13-23(21)30)28-24-14-15-26-25(29-24)27-17-18-8-4-3-5-9-18/h6-7,10-16,18H,2-5,8-9,17H2,1H3,(H2,26,27,28,29). The minimum Gasteiger partial charge on any atom is -0.354 e. The summed E-state index contributed by atoms with van der Waals surface area (Å²) in [7, 11) is 0. The van der Waals surface area contributed by atoms with Crippen LogP contribution >= 0.6 is 0 Å². The van der Waals surface area contributed by atoms with Gasteiger partial charge in [-0.2, -0.15) is 4.98 Å². The van der Waals surface area contributed by atoms with Crippen LogP contribution in [0.25, 0.3) is 21.8 Å². The van der Waals surface area contributed by atoms with Crippen molar-refractivity contribution in [2.24, 2.45) is 5.92 Å². The molecule has 0 amide bonds. The van der Waals surface area contributed by atoms with Gasteiger partial charge in [-0.1, -0.05) is 37.5 Å². The van der Waals surface area contributed by atoms with E-state index in [9.17, 15) is 0 Å². The molecule has 4 aromatic rings. The van der Waals surface area contributed by atoms with Crippen molar-refractivity contribution < 1.29 is 0 Å². The van der Waals surface area contributed by atoms with Gasteiger partial charge in [0.1, 0.15) is 5.82 Å². The van der Waals surface area contributed by atoms with Gasteiger partial charge in [-0.3, -0.25) is 0 Å². The number of rotatable bonds is 6. The second-order valence-corrected chi connectivity index (χ2v) is 8.27. The first kappa shape index (κ1) is 18.9. The third kappa shape index (κ3) is 3.72. The predicted octanol–water partition coefficient (Wildman–Crippen LogP) is 6.34. The molecule has 5 nitrogen and oxygen atoms in total. The van der Waals surface area contributed by atoms with Crippen LogP contribution in [-0.2, 0) is 6.54 Å². The van der Waals surface area contributed by atoms with Crippen LogP contribution < -0.4 is 10.6 Å². The predicted molar refractivity (Wildman–Crippen MR) is 125 cm³/mol. The fourth-order valence-corrected chi connectivity index (χ4v) is 4.76. The van der Waals surface area contributed by atoms with Crippen molar-refractivity contribution in [3.63, 3.8) is 0 Å². The van der Waals surface area contributed by atoms with Crippen molar-refractivity contribution in [1.29, 1.82) is 0 Å². The molecule has 0 saturated heterocycles. The minimum absolute atomic E-state index is 0.703. The van der Waals surface area contributed by atoms with Gasteiger partial charge in [-0.25, -0.2) is 4.98 Å². The van der Waals surface area contributed by atoms with Crippen LogP contribution in [0.2, 0.25) is 0 Å². The Bertz CT molecular complexity index is 1160. The van der Waals surface area contributed by atoms with E-state index >= 15 is 0 Å². The van der Waals surface area contributed by atoms with Gasteiger partial charge in [0.15, 0.2) is 0 Å². The zero-order valence-electron chi connectivity index (χ0n) is 17.6. The molecule has 2 aromatic heterocycles. The highest BCUT2D eigenvalue weighted by atomic mass is 15.1. The molecule has 1 aliphatic carbocycles. The lowest BCUT2D eigenvalue weighted by molar-refractivity contribution is 0.373. The topological polar surface area (TPSA) is 54.8 Å². The molecule has 0 spiro atoms. The zero-order valence-corrected chi connectivity index (χ0v) is 17.6. The maximum Gasteiger partial charge on any atom is 0.224 e. The molecule has 1 saturated carbocycles. The van der Waals surface area contributed by atoms with E-state index in [0.717, 1.165) is 30.5 Å². The molecule has 0 bridgehead atoms. The van der Waals surface area contributed by atoms with E-state index in [-0.39, 0.29) is 0 Å². The molecule has 0 radical (unpaired) electrons. The largest absolute Gasteiger partial charge is 0.354 e. The van der Waals surface area contributed by atoms with Gasteiger partial charge in [-0.05, 0) is 56.0 Å². The van der Waals surface area contributed by atoms with Gasteiger partial charge in [-0.15, -0.1) is 0 Å². The Morgan fingerprint density at radius 1 is 0.967 bits per heavy atom. The van der Waals surface area contributed by atoms with E-state index in [0.29, 0.717) is 5.95 Å². The zero-order chi connectivity index (χ0) is 20.3. The molecule has 154 valence electrons. The Labute approximate surface area is 177 Å². The average Bonchev–Trinajstić information content (AvgIpc) is 3.12.